The summed E-state index contributed by atoms with van der Waals surface area (Å²) in [4.78, 5) is 8.09. The van der Waals surface area contributed by atoms with E-state index in [4.69, 9.17) is 11.6 Å². The second kappa shape index (κ2) is 5.04. The van der Waals surface area contributed by atoms with Crippen molar-refractivity contribution in [3.8, 4) is 11.1 Å². The summed E-state index contributed by atoms with van der Waals surface area (Å²) in [5, 5.41) is 0.318. The molecule has 0 aromatic carbocycles. The van der Waals surface area contributed by atoms with E-state index in [1.165, 1.54) is 0 Å². The highest BCUT2D eigenvalue weighted by molar-refractivity contribution is 7.92. The zero-order valence-electron chi connectivity index (χ0n) is 10.0. The maximum Gasteiger partial charge on any atom is 0.163 e. The van der Waals surface area contributed by atoms with Gasteiger partial charge in [-0.2, -0.15) is 4.36 Å². The Morgan fingerprint density at radius 3 is 2.67 bits per heavy atom. The van der Waals surface area contributed by atoms with E-state index in [-0.39, 0.29) is 0 Å². The molecule has 0 amide bonds. The van der Waals surface area contributed by atoms with Crippen molar-refractivity contribution in [1.29, 1.82) is 0 Å². The van der Waals surface area contributed by atoms with Gasteiger partial charge in [-0.3, -0.25) is 4.98 Å². The van der Waals surface area contributed by atoms with Crippen LogP contribution in [0.25, 0.3) is 11.1 Å². The molecule has 4 nitrogen and oxygen atoms in total. The minimum atomic E-state index is -2.25. The van der Waals surface area contributed by atoms with Crippen LogP contribution in [0.15, 0.2) is 41.0 Å². The van der Waals surface area contributed by atoms with Crippen LogP contribution >= 0.6 is 11.6 Å². The molecule has 2 aromatic rings. The molecular weight excluding hydrogens is 270 g/mol. The van der Waals surface area contributed by atoms with Crippen molar-refractivity contribution in [1.82, 2.24) is 9.97 Å². The molecule has 6 heteroatoms. The third-order valence-corrected chi connectivity index (χ3v) is 2.91. The molecule has 0 aliphatic rings. The Labute approximate surface area is 111 Å². The summed E-state index contributed by atoms with van der Waals surface area (Å²) in [6.07, 6.45) is 6.53. The average molecular weight is 282 g/mol. The predicted molar refractivity (Wildman–Crippen MR) is 74.6 cm³/mol. The van der Waals surface area contributed by atoms with Gasteiger partial charge in [-0.05, 0) is 23.8 Å². The summed E-state index contributed by atoms with van der Waals surface area (Å²) >= 11 is 5.94. The van der Waals surface area contributed by atoms with Gasteiger partial charge in [0.25, 0.3) is 0 Å². The zero-order chi connectivity index (χ0) is 13.2. The molecule has 94 valence electrons. The molecular formula is C12H12ClN3OS. The first-order chi connectivity index (χ1) is 8.44. The van der Waals surface area contributed by atoms with Crippen LogP contribution in [0.4, 0.5) is 5.82 Å². The van der Waals surface area contributed by atoms with Crippen LogP contribution in [-0.2, 0) is 9.73 Å². The fourth-order valence-corrected chi connectivity index (χ4v) is 2.20. The van der Waals surface area contributed by atoms with E-state index in [9.17, 15) is 4.21 Å². The van der Waals surface area contributed by atoms with E-state index >= 15 is 0 Å². The van der Waals surface area contributed by atoms with Crippen LogP contribution < -0.4 is 0 Å². The van der Waals surface area contributed by atoms with Gasteiger partial charge in [-0.1, -0.05) is 17.7 Å². The first-order valence-corrected chi connectivity index (χ1v) is 7.90. The van der Waals surface area contributed by atoms with Crippen LogP contribution in [0, 0.1) is 0 Å². The molecule has 18 heavy (non-hydrogen) atoms. The monoisotopic (exact) mass is 281 g/mol. The minimum absolute atomic E-state index is 0.318. The summed E-state index contributed by atoms with van der Waals surface area (Å²) in [7, 11) is -2.25. The minimum Gasteiger partial charge on any atom is -0.264 e. The first kappa shape index (κ1) is 13.0. The Morgan fingerprint density at radius 2 is 2.06 bits per heavy atom. The van der Waals surface area contributed by atoms with Crippen molar-refractivity contribution in [2.75, 3.05) is 12.5 Å². The standard InChI is InChI=1S/C12H12ClN3OS/c1-18(2,17)16-12-7-10(6-11(13)15-12)9-4-3-5-14-8-9/h3-8H,1-2H3. The normalized spacial score (nSPS) is 11.3. The summed E-state index contributed by atoms with van der Waals surface area (Å²) in [5.74, 6) is 0.372. The lowest BCUT2D eigenvalue weighted by Crippen LogP contribution is -1.91. The number of aromatic nitrogens is 2. The van der Waals surface area contributed by atoms with Crippen molar-refractivity contribution < 1.29 is 4.21 Å². The Morgan fingerprint density at radius 1 is 1.28 bits per heavy atom. The SMILES string of the molecule is CS(C)(=O)=Nc1cc(-c2cccnc2)cc(Cl)n1. The van der Waals surface area contributed by atoms with E-state index in [1.807, 2.05) is 12.1 Å². The average Bonchev–Trinajstić information content (AvgIpc) is 2.27. The molecule has 0 radical (unpaired) electrons. The van der Waals surface area contributed by atoms with Gasteiger partial charge in [0, 0.05) is 40.2 Å². The Hall–Kier alpha value is -1.46. The maximum atomic E-state index is 11.7. The molecule has 0 spiro atoms. The molecule has 0 aliphatic heterocycles. The van der Waals surface area contributed by atoms with E-state index < -0.39 is 9.73 Å². The molecule has 2 heterocycles. The molecule has 0 aliphatic carbocycles. The lowest BCUT2D eigenvalue weighted by molar-refractivity contribution is 0.684. The molecule has 0 N–H and O–H groups in total. The van der Waals surface area contributed by atoms with Gasteiger partial charge in [0.15, 0.2) is 5.82 Å². The van der Waals surface area contributed by atoms with Crippen LogP contribution in [-0.4, -0.2) is 26.7 Å². The van der Waals surface area contributed by atoms with Crippen LogP contribution in [0.2, 0.25) is 5.15 Å². The fourth-order valence-electron chi connectivity index (χ4n) is 1.46. The topological polar surface area (TPSA) is 55.2 Å². The first-order valence-electron chi connectivity index (χ1n) is 5.19. The zero-order valence-corrected chi connectivity index (χ0v) is 11.6. The number of halogens is 1. The Bertz CT molecular complexity index is 671. The van der Waals surface area contributed by atoms with Gasteiger partial charge in [-0.25, -0.2) is 9.19 Å². The van der Waals surface area contributed by atoms with E-state index in [0.29, 0.717) is 11.0 Å². The fraction of sp³-hybridized carbons (Fsp3) is 0.167. The lowest BCUT2D eigenvalue weighted by atomic mass is 10.1. The van der Waals surface area contributed by atoms with Gasteiger partial charge in [0.2, 0.25) is 0 Å². The largest absolute Gasteiger partial charge is 0.264 e. The number of nitrogens with zero attached hydrogens (tertiary/aromatic N) is 3. The van der Waals surface area contributed by atoms with Gasteiger partial charge in [0.1, 0.15) is 5.15 Å². The Kier molecular flexibility index (Phi) is 3.63. The van der Waals surface area contributed by atoms with Crippen molar-refractivity contribution in [3.05, 3.63) is 41.8 Å². The van der Waals surface area contributed by atoms with Crippen LogP contribution in [0.1, 0.15) is 0 Å². The smallest absolute Gasteiger partial charge is 0.163 e. The van der Waals surface area contributed by atoms with E-state index in [2.05, 4.69) is 14.3 Å². The highest BCUT2D eigenvalue weighted by Crippen LogP contribution is 2.25. The highest BCUT2D eigenvalue weighted by atomic mass is 35.5. The summed E-state index contributed by atoms with van der Waals surface area (Å²) in [6.45, 7) is 0. The molecule has 0 unspecified atom stereocenters. The van der Waals surface area contributed by atoms with Crippen LogP contribution in [0.3, 0.4) is 0 Å². The molecule has 2 aromatic heterocycles. The Balaban J connectivity index is 2.56. The summed E-state index contributed by atoms with van der Waals surface area (Å²) in [5.41, 5.74) is 1.77. The molecule has 0 saturated heterocycles. The van der Waals surface area contributed by atoms with Crippen molar-refractivity contribution in [2.24, 2.45) is 4.36 Å². The van der Waals surface area contributed by atoms with Gasteiger partial charge < -0.3 is 0 Å². The quantitative estimate of drug-likeness (QED) is 0.795. The number of hydrogen-bond donors (Lipinski definition) is 0. The second-order valence-electron chi connectivity index (χ2n) is 4.05. The van der Waals surface area contributed by atoms with Crippen molar-refractivity contribution >= 4 is 27.1 Å². The van der Waals surface area contributed by atoms with Crippen molar-refractivity contribution in [3.63, 3.8) is 0 Å². The predicted octanol–water partition coefficient (Wildman–Crippen LogP) is 3.16. The van der Waals surface area contributed by atoms with E-state index in [0.717, 1.165) is 11.1 Å². The number of rotatable bonds is 2. The number of hydrogen-bond acceptors (Lipinski definition) is 4. The second-order valence-corrected chi connectivity index (χ2v) is 6.98. The molecule has 0 atom stereocenters. The third kappa shape index (κ3) is 3.51. The molecule has 2 rings (SSSR count). The maximum absolute atomic E-state index is 11.7. The van der Waals surface area contributed by atoms with Crippen molar-refractivity contribution in [2.45, 2.75) is 0 Å². The van der Waals surface area contributed by atoms with Gasteiger partial charge in [0.05, 0.1) is 0 Å². The summed E-state index contributed by atoms with van der Waals surface area (Å²) < 4.78 is 15.7. The number of pyridine rings is 2. The highest BCUT2D eigenvalue weighted by Gasteiger charge is 2.04. The van der Waals surface area contributed by atoms with E-state index in [1.54, 1.807) is 37.0 Å². The summed E-state index contributed by atoms with van der Waals surface area (Å²) in [6, 6.07) is 7.22. The lowest BCUT2D eigenvalue weighted by Gasteiger charge is -2.03. The van der Waals surface area contributed by atoms with Crippen LogP contribution in [0.5, 0.6) is 0 Å². The molecule has 0 fully saturated rings. The molecule has 0 saturated carbocycles. The van der Waals surface area contributed by atoms with Gasteiger partial charge in [-0.15, -0.1) is 0 Å². The van der Waals surface area contributed by atoms with Gasteiger partial charge >= 0.3 is 0 Å². The molecule has 0 bridgehead atoms. The third-order valence-electron chi connectivity index (χ3n) is 2.09.